The molecule has 6 nitrogen and oxygen atoms in total. The third kappa shape index (κ3) is 5.63. The topological polar surface area (TPSA) is 63.7 Å². The van der Waals surface area contributed by atoms with E-state index in [-0.39, 0.29) is 18.1 Å². The summed E-state index contributed by atoms with van der Waals surface area (Å²) in [5, 5.41) is 3.24. The minimum atomic E-state index is -0.0809. The fourth-order valence-electron chi connectivity index (χ4n) is 4.77. The van der Waals surface area contributed by atoms with Crippen molar-refractivity contribution < 1.29 is 14.3 Å². The van der Waals surface area contributed by atoms with Gasteiger partial charge in [0, 0.05) is 39.2 Å². The molecule has 1 aromatic heterocycles. The summed E-state index contributed by atoms with van der Waals surface area (Å²) < 4.78 is 10.9. The number of piperidine rings is 1. The van der Waals surface area contributed by atoms with E-state index in [0.717, 1.165) is 50.3 Å². The molecule has 0 spiro atoms. The minimum Gasteiger partial charge on any atom is -0.490 e. The van der Waals surface area contributed by atoms with Crippen molar-refractivity contribution in [3.05, 3.63) is 59.4 Å². The molecule has 1 saturated heterocycles. The van der Waals surface area contributed by atoms with Gasteiger partial charge in [-0.25, -0.2) is 0 Å². The van der Waals surface area contributed by atoms with E-state index in [9.17, 15) is 4.79 Å². The maximum absolute atomic E-state index is 12.5. The summed E-state index contributed by atoms with van der Waals surface area (Å²) in [6.07, 6.45) is 5.63. The van der Waals surface area contributed by atoms with Gasteiger partial charge in [0.25, 0.3) is 0 Å². The lowest BCUT2D eigenvalue weighted by Crippen LogP contribution is -2.43. The van der Waals surface area contributed by atoms with Gasteiger partial charge < -0.3 is 14.8 Å². The number of nitrogens with one attached hydrogen (secondary N) is 1. The molecule has 1 fully saturated rings. The largest absolute Gasteiger partial charge is 0.490 e. The molecular weight excluding hydrogens is 390 g/mol. The predicted octanol–water partition coefficient (Wildman–Crippen LogP) is 3.51. The Labute approximate surface area is 185 Å². The van der Waals surface area contributed by atoms with E-state index < -0.39 is 0 Å². The SMILES string of the molecule is COCCC(=O)N[C@H](c1ccccn1)[C@H]1CCCN(Cc2ccc3c(c2)C[C@H](C)O3)C1. The van der Waals surface area contributed by atoms with Crippen LogP contribution in [0.4, 0.5) is 0 Å². The first-order chi connectivity index (χ1) is 15.1. The lowest BCUT2D eigenvalue weighted by atomic mass is 9.88. The van der Waals surface area contributed by atoms with E-state index in [1.807, 2.05) is 18.2 Å². The summed E-state index contributed by atoms with van der Waals surface area (Å²) in [5.41, 5.74) is 3.58. The average Bonchev–Trinajstić information content (AvgIpc) is 3.16. The molecule has 1 amide bonds. The van der Waals surface area contributed by atoms with Gasteiger partial charge in [0.2, 0.25) is 5.91 Å². The highest BCUT2D eigenvalue weighted by Gasteiger charge is 2.30. The van der Waals surface area contributed by atoms with Crippen molar-refractivity contribution in [1.29, 1.82) is 0 Å². The van der Waals surface area contributed by atoms with Crippen LogP contribution in [0.5, 0.6) is 5.75 Å². The number of hydrogen-bond acceptors (Lipinski definition) is 5. The van der Waals surface area contributed by atoms with Crippen LogP contribution < -0.4 is 10.1 Å². The van der Waals surface area contributed by atoms with Crippen molar-refractivity contribution >= 4 is 5.91 Å². The van der Waals surface area contributed by atoms with Crippen LogP contribution in [0.2, 0.25) is 0 Å². The van der Waals surface area contributed by atoms with Gasteiger partial charge in [-0.05, 0) is 61.6 Å². The Balaban J connectivity index is 1.44. The summed E-state index contributed by atoms with van der Waals surface area (Å²) >= 11 is 0. The molecule has 1 aromatic carbocycles. The van der Waals surface area contributed by atoms with Crippen molar-refractivity contribution in [3.63, 3.8) is 0 Å². The summed E-state index contributed by atoms with van der Waals surface area (Å²) in [6, 6.07) is 12.4. The number of pyridine rings is 1. The normalized spacial score (nSPS) is 21.9. The minimum absolute atomic E-state index is 0.0161. The third-order valence-electron chi connectivity index (χ3n) is 6.24. The van der Waals surface area contributed by atoms with Crippen LogP contribution in [0, 0.1) is 5.92 Å². The Morgan fingerprint density at radius 3 is 3.06 bits per heavy atom. The Morgan fingerprint density at radius 1 is 1.35 bits per heavy atom. The molecule has 6 heteroatoms. The maximum Gasteiger partial charge on any atom is 0.222 e. The highest BCUT2D eigenvalue weighted by atomic mass is 16.5. The standard InChI is InChI=1S/C25H33N3O3/c1-18-14-21-15-19(8-9-23(21)31-18)16-28-12-5-6-20(17-28)25(22-7-3-4-11-26-22)27-24(29)10-13-30-2/h3-4,7-9,11,15,18,20,25H,5-6,10,12-14,16-17H2,1-2H3,(H,27,29)/t18-,20-,25-/m0/s1. The number of rotatable bonds is 8. The number of carbonyl (C=O) groups is 1. The van der Waals surface area contributed by atoms with Crippen molar-refractivity contribution in [2.75, 3.05) is 26.8 Å². The van der Waals surface area contributed by atoms with Crippen LogP contribution >= 0.6 is 0 Å². The van der Waals surface area contributed by atoms with Gasteiger partial charge in [0.15, 0.2) is 0 Å². The maximum atomic E-state index is 12.5. The first-order valence-electron chi connectivity index (χ1n) is 11.3. The van der Waals surface area contributed by atoms with Gasteiger partial charge in [0.1, 0.15) is 11.9 Å². The molecule has 0 saturated carbocycles. The second-order valence-electron chi connectivity index (χ2n) is 8.75. The molecule has 1 N–H and O–H groups in total. The Morgan fingerprint density at radius 2 is 2.26 bits per heavy atom. The van der Waals surface area contributed by atoms with Crippen molar-refractivity contribution in [2.24, 2.45) is 5.92 Å². The van der Waals surface area contributed by atoms with Crippen LogP contribution in [0.3, 0.4) is 0 Å². The van der Waals surface area contributed by atoms with E-state index in [1.54, 1.807) is 13.3 Å². The number of ether oxygens (including phenoxy) is 2. The van der Waals surface area contributed by atoms with Crippen molar-refractivity contribution in [2.45, 2.75) is 51.3 Å². The highest BCUT2D eigenvalue weighted by molar-refractivity contribution is 5.76. The molecule has 2 aliphatic heterocycles. The van der Waals surface area contributed by atoms with E-state index in [4.69, 9.17) is 9.47 Å². The first kappa shape index (κ1) is 21.8. The molecule has 2 aromatic rings. The Bertz CT molecular complexity index is 874. The van der Waals surface area contributed by atoms with Gasteiger partial charge in [-0.2, -0.15) is 0 Å². The van der Waals surface area contributed by atoms with Crippen LogP contribution in [0.15, 0.2) is 42.6 Å². The van der Waals surface area contributed by atoms with Crippen LogP contribution in [-0.4, -0.2) is 48.7 Å². The summed E-state index contributed by atoms with van der Waals surface area (Å²) in [7, 11) is 1.62. The van der Waals surface area contributed by atoms with Crippen LogP contribution in [0.1, 0.15) is 49.0 Å². The second kappa shape index (κ2) is 10.2. The van der Waals surface area contributed by atoms with Gasteiger partial charge >= 0.3 is 0 Å². The van der Waals surface area contributed by atoms with Crippen molar-refractivity contribution in [3.8, 4) is 5.75 Å². The fourth-order valence-corrected chi connectivity index (χ4v) is 4.77. The highest BCUT2D eigenvalue weighted by Crippen LogP contribution is 2.32. The quantitative estimate of drug-likeness (QED) is 0.704. The Hall–Kier alpha value is -2.44. The number of aromatic nitrogens is 1. The number of methoxy groups -OCH3 is 1. The zero-order chi connectivity index (χ0) is 21.6. The average molecular weight is 424 g/mol. The van der Waals surface area contributed by atoms with Crippen LogP contribution in [0.25, 0.3) is 0 Å². The molecule has 0 radical (unpaired) electrons. The number of benzene rings is 1. The van der Waals surface area contributed by atoms with Gasteiger partial charge in [-0.15, -0.1) is 0 Å². The summed E-state index contributed by atoms with van der Waals surface area (Å²) in [6.45, 7) is 5.49. The fraction of sp³-hybridized carbons (Fsp3) is 0.520. The van der Waals surface area contributed by atoms with Gasteiger partial charge in [0.05, 0.1) is 18.3 Å². The monoisotopic (exact) mass is 423 g/mol. The lowest BCUT2D eigenvalue weighted by molar-refractivity contribution is -0.123. The van der Waals surface area contributed by atoms with E-state index in [1.165, 1.54) is 11.1 Å². The molecule has 4 rings (SSSR count). The second-order valence-corrected chi connectivity index (χ2v) is 8.75. The summed E-state index contributed by atoms with van der Waals surface area (Å²) in [5.74, 6) is 1.37. The number of fused-ring (bicyclic) bond motifs is 1. The molecule has 0 unspecified atom stereocenters. The number of nitrogens with zero attached hydrogens (tertiary/aromatic N) is 2. The van der Waals surface area contributed by atoms with E-state index in [2.05, 4.69) is 40.3 Å². The predicted molar refractivity (Wildman–Crippen MR) is 120 cm³/mol. The van der Waals surface area contributed by atoms with Gasteiger partial charge in [-0.1, -0.05) is 18.2 Å². The third-order valence-corrected chi connectivity index (χ3v) is 6.24. The lowest BCUT2D eigenvalue weighted by Gasteiger charge is -2.37. The number of carbonyl (C=O) groups excluding carboxylic acids is 1. The Kier molecular flexibility index (Phi) is 7.20. The molecule has 2 aliphatic rings. The van der Waals surface area contributed by atoms with Crippen molar-refractivity contribution in [1.82, 2.24) is 15.2 Å². The molecule has 3 atom stereocenters. The number of likely N-dealkylation sites (tertiary alicyclic amines) is 1. The van der Waals surface area contributed by atoms with Crippen LogP contribution in [-0.2, 0) is 22.5 Å². The number of amides is 1. The molecule has 3 heterocycles. The van der Waals surface area contributed by atoms with Gasteiger partial charge in [-0.3, -0.25) is 14.7 Å². The summed E-state index contributed by atoms with van der Waals surface area (Å²) in [4.78, 5) is 19.6. The first-order valence-corrected chi connectivity index (χ1v) is 11.3. The number of hydrogen-bond donors (Lipinski definition) is 1. The molecule has 0 bridgehead atoms. The van der Waals surface area contributed by atoms with E-state index >= 15 is 0 Å². The van der Waals surface area contributed by atoms with E-state index in [0.29, 0.717) is 18.9 Å². The molecule has 166 valence electrons. The zero-order valence-corrected chi connectivity index (χ0v) is 18.5. The zero-order valence-electron chi connectivity index (χ0n) is 18.5. The smallest absolute Gasteiger partial charge is 0.222 e. The molecule has 0 aliphatic carbocycles. The molecular formula is C25H33N3O3. The molecule has 31 heavy (non-hydrogen) atoms.